The molecule has 76 valence electrons. The van der Waals surface area contributed by atoms with E-state index in [0.29, 0.717) is 5.90 Å². The number of amides is 1. The highest BCUT2D eigenvalue weighted by Crippen LogP contribution is 2.07. The van der Waals surface area contributed by atoms with Crippen LogP contribution in [0.25, 0.3) is 0 Å². The van der Waals surface area contributed by atoms with Gasteiger partial charge in [-0.25, -0.2) is 10.8 Å². The third kappa shape index (κ3) is 7.27. The van der Waals surface area contributed by atoms with Gasteiger partial charge in [-0.3, -0.25) is 10.2 Å². The van der Waals surface area contributed by atoms with E-state index in [1.807, 2.05) is 26.2 Å². The van der Waals surface area contributed by atoms with Crippen molar-refractivity contribution in [1.82, 2.24) is 5.43 Å². The van der Waals surface area contributed by atoms with Crippen molar-refractivity contribution in [2.75, 3.05) is 6.54 Å². The number of rotatable bonds is 2. The summed E-state index contributed by atoms with van der Waals surface area (Å²) in [4.78, 5) is 14.6. The first-order valence-electron chi connectivity index (χ1n) is 4.04. The number of hydrogen-bond acceptors (Lipinski definition) is 4. The number of hydrogen-bond donors (Lipinski definition) is 2. The number of carbonyl (C=O) groups excluding carboxylic acids is 1. The largest absolute Gasteiger partial charge is 0.476 e. The molecule has 0 saturated carbocycles. The van der Waals surface area contributed by atoms with Crippen molar-refractivity contribution in [3.63, 3.8) is 0 Å². The zero-order valence-electron chi connectivity index (χ0n) is 8.55. The Morgan fingerprint density at radius 2 is 2.08 bits per heavy atom. The summed E-state index contributed by atoms with van der Waals surface area (Å²) in [5, 5.41) is 0. The molecule has 5 nitrogen and oxygen atoms in total. The van der Waals surface area contributed by atoms with E-state index in [9.17, 15) is 4.79 Å². The summed E-state index contributed by atoms with van der Waals surface area (Å²) >= 11 is 0. The Balaban J connectivity index is 3.96. The second kappa shape index (κ2) is 4.81. The first kappa shape index (κ1) is 11.9. The van der Waals surface area contributed by atoms with Crippen LogP contribution in [-0.4, -0.2) is 24.0 Å². The highest BCUT2D eigenvalue weighted by atomic mass is 16.5. The van der Waals surface area contributed by atoms with Crippen LogP contribution in [-0.2, 0) is 9.53 Å². The number of nitrogens with one attached hydrogen (secondary N) is 1. The number of ether oxygens (including phenoxy) is 1. The molecule has 0 aliphatic rings. The average Bonchev–Trinajstić information content (AvgIpc) is 1.97. The minimum absolute atomic E-state index is 0.00157. The standard InChI is InChI=1S/C8H17N3O2/c1-6(13-8(2,3)4)10-5-7(12)11-9/h5,9H2,1-4H3,(H,11,12). The first-order valence-corrected chi connectivity index (χ1v) is 4.04. The second-order valence-corrected chi connectivity index (χ2v) is 3.62. The maximum absolute atomic E-state index is 10.7. The van der Waals surface area contributed by atoms with Crippen molar-refractivity contribution in [3.05, 3.63) is 0 Å². The quantitative estimate of drug-likeness (QED) is 0.213. The fraction of sp³-hybridized carbons (Fsp3) is 0.750. The summed E-state index contributed by atoms with van der Waals surface area (Å²) in [7, 11) is 0. The van der Waals surface area contributed by atoms with Gasteiger partial charge in [-0.05, 0) is 20.8 Å². The van der Waals surface area contributed by atoms with E-state index in [1.165, 1.54) is 0 Å². The molecule has 0 radical (unpaired) electrons. The van der Waals surface area contributed by atoms with E-state index in [2.05, 4.69) is 4.99 Å². The lowest BCUT2D eigenvalue weighted by Gasteiger charge is -2.20. The molecular formula is C8H17N3O2. The van der Waals surface area contributed by atoms with E-state index >= 15 is 0 Å². The summed E-state index contributed by atoms with van der Waals surface area (Å²) in [5.74, 6) is 5.02. The Kier molecular flexibility index (Phi) is 4.40. The van der Waals surface area contributed by atoms with Crippen molar-refractivity contribution < 1.29 is 9.53 Å². The predicted octanol–water partition coefficient (Wildman–Crippen LogP) is 0.210. The van der Waals surface area contributed by atoms with Crippen LogP contribution in [0, 0.1) is 0 Å². The molecule has 0 spiro atoms. The van der Waals surface area contributed by atoms with Crippen LogP contribution in [0.5, 0.6) is 0 Å². The molecule has 0 rings (SSSR count). The Bertz CT molecular complexity index is 206. The number of aliphatic imine (C=N–C) groups is 1. The number of nitrogens with two attached hydrogens (primary N) is 1. The zero-order chi connectivity index (χ0) is 10.5. The van der Waals surface area contributed by atoms with Gasteiger partial charge in [-0.1, -0.05) is 0 Å². The third-order valence-corrected chi connectivity index (χ3v) is 1.06. The van der Waals surface area contributed by atoms with Crippen LogP contribution in [0.3, 0.4) is 0 Å². The Labute approximate surface area is 78.3 Å². The summed E-state index contributed by atoms with van der Waals surface area (Å²) in [5.41, 5.74) is 1.70. The van der Waals surface area contributed by atoms with E-state index in [0.717, 1.165) is 0 Å². The lowest BCUT2D eigenvalue weighted by molar-refractivity contribution is -0.119. The maximum atomic E-state index is 10.7. The smallest absolute Gasteiger partial charge is 0.255 e. The van der Waals surface area contributed by atoms with E-state index < -0.39 is 0 Å². The molecule has 5 heteroatoms. The molecule has 0 aliphatic carbocycles. The normalized spacial score (nSPS) is 12.5. The molecule has 13 heavy (non-hydrogen) atoms. The van der Waals surface area contributed by atoms with Gasteiger partial charge in [-0.2, -0.15) is 0 Å². The highest BCUT2D eigenvalue weighted by molar-refractivity contribution is 5.81. The molecule has 0 saturated heterocycles. The SMILES string of the molecule is CC(=NCC(=O)NN)OC(C)(C)C. The van der Waals surface area contributed by atoms with E-state index in [1.54, 1.807) is 6.92 Å². The minimum Gasteiger partial charge on any atom is -0.476 e. The highest BCUT2D eigenvalue weighted by Gasteiger charge is 2.11. The van der Waals surface area contributed by atoms with Gasteiger partial charge in [0.1, 0.15) is 12.1 Å². The Hall–Kier alpha value is -1.10. The molecule has 0 bridgehead atoms. The molecule has 0 aliphatic heterocycles. The molecule has 0 unspecified atom stereocenters. The summed E-state index contributed by atoms with van der Waals surface area (Å²) < 4.78 is 5.36. The summed E-state index contributed by atoms with van der Waals surface area (Å²) in [6.07, 6.45) is 0. The van der Waals surface area contributed by atoms with Gasteiger partial charge in [0.15, 0.2) is 5.90 Å². The van der Waals surface area contributed by atoms with Crippen LogP contribution in [0.4, 0.5) is 0 Å². The topological polar surface area (TPSA) is 76.7 Å². The maximum Gasteiger partial charge on any atom is 0.255 e. The molecule has 0 aromatic heterocycles. The van der Waals surface area contributed by atoms with E-state index in [-0.39, 0.29) is 18.1 Å². The van der Waals surface area contributed by atoms with Crippen molar-refractivity contribution in [3.8, 4) is 0 Å². The van der Waals surface area contributed by atoms with Crippen molar-refractivity contribution >= 4 is 11.8 Å². The first-order chi connectivity index (χ1) is 5.85. The van der Waals surface area contributed by atoms with Gasteiger partial charge in [0, 0.05) is 6.92 Å². The van der Waals surface area contributed by atoms with Crippen LogP contribution >= 0.6 is 0 Å². The molecule has 3 N–H and O–H groups in total. The fourth-order valence-corrected chi connectivity index (χ4v) is 0.704. The molecule has 1 amide bonds. The monoisotopic (exact) mass is 187 g/mol. The number of carbonyl (C=O) groups is 1. The Morgan fingerprint density at radius 1 is 1.54 bits per heavy atom. The number of hydrazine groups is 1. The van der Waals surface area contributed by atoms with Crippen molar-refractivity contribution in [2.45, 2.75) is 33.3 Å². The van der Waals surface area contributed by atoms with Crippen LogP contribution < -0.4 is 11.3 Å². The summed E-state index contributed by atoms with van der Waals surface area (Å²) in [6, 6.07) is 0. The van der Waals surface area contributed by atoms with Crippen molar-refractivity contribution in [2.24, 2.45) is 10.8 Å². The summed E-state index contributed by atoms with van der Waals surface area (Å²) in [6.45, 7) is 7.44. The van der Waals surface area contributed by atoms with Gasteiger partial charge in [-0.15, -0.1) is 0 Å². The predicted molar refractivity (Wildman–Crippen MR) is 51.1 cm³/mol. The van der Waals surface area contributed by atoms with Gasteiger partial charge in [0.25, 0.3) is 5.91 Å². The minimum atomic E-state index is -0.336. The third-order valence-electron chi connectivity index (χ3n) is 1.06. The number of nitrogens with zero attached hydrogens (tertiary/aromatic N) is 1. The van der Waals surface area contributed by atoms with Gasteiger partial charge < -0.3 is 4.74 Å². The second-order valence-electron chi connectivity index (χ2n) is 3.62. The molecule has 0 atom stereocenters. The molecule has 0 aromatic rings. The van der Waals surface area contributed by atoms with Crippen LogP contribution in [0.1, 0.15) is 27.7 Å². The van der Waals surface area contributed by atoms with Gasteiger partial charge >= 0.3 is 0 Å². The fourth-order valence-electron chi connectivity index (χ4n) is 0.704. The lowest BCUT2D eigenvalue weighted by atomic mass is 10.2. The lowest BCUT2D eigenvalue weighted by Crippen LogP contribution is -2.32. The Morgan fingerprint density at radius 3 is 2.46 bits per heavy atom. The molecule has 0 fully saturated rings. The van der Waals surface area contributed by atoms with Crippen LogP contribution in [0.15, 0.2) is 4.99 Å². The van der Waals surface area contributed by atoms with Gasteiger partial charge in [0.2, 0.25) is 0 Å². The molecule has 0 heterocycles. The van der Waals surface area contributed by atoms with E-state index in [4.69, 9.17) is 10.6 Å². The van der Waals surface area contributed by atoms with Crippen LogP contribution in [0.2, 0.25) is 0 Å². The zero-order valence-corrected chi connectivity index (χ0v) is 8.55. The molecule has 0 aromatic carbocycles. The molecular weight excluding hydrogens is 170 g/mol. The van der Waals surface area contributed by atoms with Gasteiger partial charge in [0.05, 0.1) is 0 Å². The average molecular weight is 187 g/mol. The van der Waals surface area contributed by atoms with Crippen molar-refractivity contribution in [1.29, 1.82) is 0 Å².